The molecule has 0 aliphatic rings. The number of hydrogen-bond acceptors (Lipinski definition) is 3. The van der Waals surface area contributed by atoms with E-state index in [-0.39, 0.29) is 5.41 Å². The molecule has 2 aromatic rings. The Labute approximate surface area is 127 Å². The normalized spacial score (nSPS) is 12.5. The van der Waals surface area contributed by atoms with Gasteiger partial charge in [0.05, 0.1) is 11.0 Å². The van der Waals surface area contributed by atoms with Crippen molar-refractivity contribution in [2.24, 2.45) is 5.41 Å². The van der Waals surface area contributed by atoms with Crippen molar-refractivity contribution in [1.82, 2.24) is 9.55 Å². The Balaban J connectivity index is 2.43. The van der Waals surface area contributed by atoms with Crippen molar-refractivity contribution in [2.75, 3.05) is 19.5 Å². The maximum absolute atomic E-state index is 5.89. The fraction of sp³-hybridized carbons (Fsp3) is 0.588. The zero-order valence-corrected chi connectivity index (χ0v) is 13.8. The molecule has 0 radical (unpaired) electrons. The zero-order valence-electron chi connectivity index (χ0n) is 13.8. The van der Waals surface area contributed by atoms with Gasteiger partial charge in [-0.2, -0.15) is 0 Å². The smallest absolute Gasteiger partial charge is 0.112 e. The highest BCUT2D eigenvalue weighted by molar-refractivity contribution is 5.79. The number of methoxy groups -OCH3 is 1. The lowest BCUT2D eigenvalue weighted by Crippen LogP contribution is -2.23. The second-order valence-corrected chi connectivity index (χ2v) is 6.87. The first kappa shape index (κ1) is 15.8. The van der Waals surface area contributed by atoms with Gasteiger partial charge in [-0.3, -0.25) is 0 Å². The molecule has 21 heavy (non-hydrogen) atoms. The van der Waals surface area contributed by atoms with Crippen LogP contribution in [0.25, 0.3) is 11.0 Å². The molecule has 0 bridgehead atoms. The summed E-state index contributed by atoms with van der Waals surface area (Å²) in [7, 11) is 1.75. The van der Waals surface area contributed by atoms with E-state index in [1.165, 1.54) is 5.52 Å². The fourth-order valence-electron chi connectivity index (χ4n) is 2.66. The second kappa shape index (κ2) is 6.06. The number of imidazole rings is 1. The largest absolute Gasteiger partial charge is 0.399 e. The van der Waals surface area contributed by atoms with Crippen molar-refractivity contribution in [3.05, 3.63) is 24.0 Å². The summed E-state index contributed by atoms with van der Waals surface area (Å²) in [6, 6.07) is 5.99. The Kier molecular flexibility index (Phi) is 4.57. The molecule has 4 nitrogen and oxygen atoms in total. The summed E-state index contributed by atoms with van der Waals surface area (Å²) < 4.78 is 7.58. The monoisotopic (exact) mass is 289 g/mol. The highest BCUT2D eigenvalue weighted by Gasteiger charge is 2.23. The zero-order chi connectivity index (χ0) is 15.6. The summed E-state index contributed by atoms with van der Waals surface area (Å²) in [5.74, 6) is 1.51. The van der Waals surface area contributed by atoms with Crippen LogP contribution >= 0.6 is 0 Å². The number of aromatic nitrogens is 2. The van der Waals surface area contributed by atoms with E-state index in [0.29, 0.717) is 5.92 Å². The van der Waals surface area contributed by atoms with Crippen molar-refractivity contribution in [3.8, 4) is 0 Å². The quantitative estimate of drug-likeness (QED) is 0.823. The third-order valence-electron chi connectivity index (χ3n) is 3.89. The summed E-state index contributed by atoms with van der Waals surface area (Å²) in [6.45, 7) is 10.6. The molecule has 0 saturated heterocycles. The molecule has 0 saturated carbocycles. The lowest BCUT2D eigenvalue weighted by molar-refractivity contribution is 0.142. The maximum Gasteiger partial charge on any atom is 0.112 e. The number of fused-ring (bicyclic) bond motifs is 1. The molecule has 116 valence electrons. The molecule has 0 spiro atoms. The van der Waals surface area contributed by atoms with Crippen LogP contribution in [0, 0.1) is 5.41 Å². The summed E-state index contributed by atoms with van der Waals surface area (Å²) in [4.78, 5) is 4.79. The first-order chi connectivity index (χ1) is 9.84. The number of nitrogens with zero attached hydrogens (tertiary/aromatic N) is 2. The number of ether oxygens (including phenoxy) is 1. The van der Waals surface area contributed by atoms with Gasteiger partial charge in [0, 0.05) is 31.9 Å². The number of nitrogens with two attached hydrogens (primary N) is 1. The van der Waals surface area contributed by atoms with Gasteiger partial charge in [-0.15, -0.1) is 0 Å². The molecule has 0 atom stereocenters. The van der Waals surface area contributed by atoms with Crippen molar-refractivity contribution in [1.29, 1.82) is 0 Å². The fourth-order valence-corrected chi connectivity index (χ4v) is 2.66. The topological polar surface area (TPSA) is 53.1 Å². The van der Waals surface area contributed by atoms with Gasteiger partial charge < -0.3 is 15.0 Å². The van der Waals surface area contributed by atoms with Gasteiger partial charge in [0.15, 0.2) is 0 Å². The van der Waals surface area contributed by atoms with Crippen LogP contribution < -0.4 is 5.73 Å². The van der Waals surface area contributed by atoms with E-state index in [9.17, 15) is 0 Å². The van der Waals surface area contributed by atoms with Gasteiger partial charge in [0.25, 0.3) is 0 Å². The van der Waals surface area contributed by atoms with Crippen LogP contribution in [0.5, 0.6) is 0 Å². The van der Waals surface area contributed by atoms with E-state index in [1.54, 1.807) is 7.11 Å². The third kappa shape index (κ3) is 3.56. The predicted octanol–water partition coefficient (Wildman–Crippen LogP) is 3.80. The molecule has 1 aromatic heterocycles. The molecule has 0 fully saturated rings. The first-order valence-electron chi connectivity index (χ1n) is 7.58. The maximum atomic E-state index is 5.89. The van der Waals surface area contributed by atoms with Crippen LogP contribution in [0.15, 0.2) is 18.2 Å². The molecule has 0 aliphatic heterocycles. The lowest BCUT2D eigenvalue weighted by atomic mass is 9.89. The van der Waals surface area contributed by atoms with Crippen molar-refractivity contribution < 1.29 is 4.74 Å². The van der Waals surface area contributed by atoms with Gasteiger partial charge in [0.1, 0.15) is 5.82 Å². The molecular formula is C17H27N3O. The van der Waals surface area contributed by atoms with E-state index in [2.05, 4.69) is 38.3 Å². The van der Waals surface area contributed by atoms with Crippen LogP contribution in [0.1, 0.15) is 45.9 Å². The summed E-state index contributed by atoms with van der Waals surface area (Å²) >= 11 is 0. The van der Waals surface area contributed by atoms with Crippen LogP contribution in [0.2, 0.25) is 0 Å². The van der Waals surface area contributed by atoms with Crippen LogP contribution in [-0.2, 0) is 11.3 Å². The molecule has 2 N–H and O–H groups in total. The van der Waals surface area contributed by atoms with Crippen LogP contribution in [0.4, 0.5) is 5.69 Å². The van der Waals surface area contributed by atoms with Crippen molar-refractivity contribution in [2.45, 2.75) is 46.6 Å². The van der Waals surface area contributed by atoms with Crippen LogP contribution in [-0.4, -0.2) is 23.3 Å². The Morgan fingerprint density at radius 1 is 1.33 bits per heavy atom. The molecule has 0 aliphatic carbocycles. The minimum absolute atomic E-state index is 0.161. The summed E-state index contributed by atoms with van der Waals surface area (Å²) in [5, 5.41) is 0. The first-order valence-corrected chi connectivity index (χ1v) is 7.58. The Morgan fingerprint density at radius 2 is 2.05 bits per heavy atom. The number of nitrogen functional groups attached to an aromatic ring is 1. The molecule has 0 amide bonds. The van der Waals surface area contributed by atoms with E-state index < -0.39 is 0 Å². The van der Waals surface area contributed by atoms with Crippen molar-refractivity contribution in [3.63, 3.8) is 0 Å². The average Bonchev–Trinajstić information content (AvgIpc) is 2.74. The minimum Gasteiger partial charge on any atom is -0.399 e. The van der Waals surface area contributed by atoms with E-state index in [4.69, 9.17) is 15.5 Å². The molecule has 2 rings (SSSR count). The van der Waals surface area contributed by atoms with Gasteiger partial charge >= 0.3 is 0 Å². The van der Waals surface area contributed by atoms with Gasteiger partial charge in [-0.25, -0.2) is 4.98 Å². The highest BCUT2D eigenvalue weighted by Crippen LogP contribution is 2.30. The molecule has 1 aromatic carbocycles. The number of hydrogen-bond donors (Lipinski definition) is 1. The standard InChI is InChI=1S/C17H27N3O/c1-12(2)16-19-14-10-13(18)6-7-15(14)20(16)11-17(3,4)8-9-21-5/h6-7,10,12H,8-9,11,18H2,1-5H3. The number of anilines is 1. The van der Waals surface area contributed by atoms with E-state index in [0.717, 1.165) is 36.6 Å². The minimum atomic E-state index is 0.161. The average molecular weight is 289 g/mol. The molecule has 4 heteroatoms. The van der Waals surface area contributed by atoms with Crippen LogP contribution in [0.3, 0.4) is 0 Å². The van der Waals surface area contributed by atoms with E-state index in [1.807, 2.05) is 12.1 Å². The van der Waals surface area contributed by atoms with E-state index >= 15 is 0 Å². The third-order valence-corrected chi connectivity index (χ3v) is 3.89. The van der Waals surface area contributed by atoms with Gasteiger partial charge in [-0.1, -0.05) is 27.7 Å². The molecule has 1 heterocycles. The van der Waals surface area contributed by atoms with Crippen molar-refractivity contribution >= 4 is 16.7 Å². The molecule has 0 unspecified atom stereocenters. The van der Waals surface area contributed by atoms with Gasteiger partial charge in [0.2, 0.25) is 0 Å². The lowest BCUT2D eigenvalue weighted by Gasteiger charge is -2.26. The Hall–Kier alpha value is -1.55. The second-order valence-electron chi connectivity index (χ2n) is 6.87. The predicted molar refractivity (Wildman–Crippen MR) is 88.5 cm³/mol. The summed E-state index contributed by atoms with van der Waals surface area (Å²) in [5.41, 5.74) is 8.97. The Morgan fingerprint density at radius 3 is 2.67 bits per heavy atom. The highest BCUT2D eigenvalue weighted by atomic mass is 16.5. The van der Waals surface area contributed by atoms with Gasteiger partial charge in [-0.05, 0) is 30.0 Å². The number of rotatable bonds is 6. The summed E-state index contributed by atoms with van der Waals surface area (Å²) in [6.07, 6.45) is 1.02. The number of benzene rings is 1. The molecular weight excluding hydrogens is 262 g/mol. The Bertz CT molecular complexity index is 614. The SMILES string of the molecule is COCCC(C)(C)Cn1c(C(C)C)nc2cc(N)ccc21.